The highest BCUT2D eigenvalue weighted by Crippen LogP contribution is 2.50. The second kappa shape index (κ2) is 6.85. The van der Waals surface area contributed by atoms with E-state index < -0.39 is 28.5 Å². The lowest BCUT2D eigenvalue weighted by molar-refractivity contribution is -0.154. The highest BCUT2D eigenvalue weighted by atomic mass is 16.5. The van der Waals surface area contributed by atoms with Gasteiger partial charge in [0.1, 0.15) is 11.5 Å². The van der Waals surface area contributed by atoms with Crippen molar-refractivity contribution < 1.29 is 19.1 Å². The number of hydrogen-bond acceptors (Lipinski definition) is 8. The van der Waals surface area contributed by atoms with Gasteiger partial charge in [-0.15, -0.1) is 0 Å². The molecule has 0 amide bonds. The molecule has 0 aromatic rings. The zero-order valence-electron chi connectivity index (χ0n) is 13.5. The van der Waals surface area contributed by atoms with Crippen LogP contribution in [-0.2, 0) is 19.1 Å². The summed E-state index contributed by atoms with van der Waals surface area (Å²) in [4.78, 5) is 24.6. The van der Waals surface area contributed by atoms with E-state index in [1.165, 1.54) is 6.92 Å². The van der Waals surface area contributed by atoms with E-state index in [0.29, 0.717) is 0 Å². The summed E-state index contributed by atoms with van der Waals surface area (Å²) in [6.45, 7) is 4.42. The van der Waals surface area contributed by atoms with Crippen LogP contribution in [-0.4, -0.2) is 25.2 Å². The Kier molecular flexibility index (Phi) is 5.35. The van der Waals surface area contributed by atoms with Gasteiger partial charge in [-0.3, -0.25) is 4.79 Å². The van der Waals surface area contributed by atoms with Gasteiger partial charge in [-0.05, 0) is 26.8 Å². The minimum atomic E-state index is -2.18. The zero-order chi connectivity index (χ0) is 18.5. The minimum Gasteiger partial charge on any atom is -0.465 e. The Morgan fingerprint density at radius 2 is 1.71 bits per heavy atom. The van der Waals surface area contributed by atoms with Gasteiger partial charge in [-0.25, -0.2) is 4.79 Å². The Labute approximate surface area is 139 Å². The maximum atomic E-state index is 12.4. The van der Waals surface area contributed by atoms with Gasteiger partial charge in [0.05, 0.1) is 42.2 Å². The lowest BCUT2D eigenvalue weighted by Crippen LogP contribution is -2.50. The molecule has 0 saturated heterocycles. The zero-order valence-corrected chi connectivity index (χ0v) is 13.5. The summed E-state index contributed by atoms with van der Waals surface area (Å²) in [5.74, 6) is -1.79. The van der Waals surface area contributed by atoms with E-state index in [-0.39, 0.29) is 24.4 Å². The lowest BCUT2D eigenvalue weighted by atomic mass is 9.59. The Bertz CT molecular complexity index is 746. The summed E-state index contributed by atoms with van der Waals surface area (Å²) in [6, 6.07) is 5.13. The van der Waals surface area contributed by atoms with Crippen molar-refractivity contribution in [1.82, 2.24) is 0 Å². The average Bonchev–Trinajstić information content (AvgIpc) is 2.56. The molecule has 0 heterocycles. The van der Waals surface area contributed by atoms with E-state index in [1.54, 1.807) is 32.1 Å². The molecule has 8 nitrogen and oxygen atoms in total. The summed E-state index contributed by atoms with van der Waals surface area (Å²) < 4.78 is 9.81. The molecule has 1 rings (SSSR count). The first-order chi connectivity index (χ1) is 11.3. The van der Waals surface area contributed by atoms with Crippen molar-refractivity contribution in [1.29, 1.82) is 15.8 Å². The Hall–Kier alpha value is -3.31. The highest BCUT2D eigenvalue weighted by molar-refractivity contribution is 5.98. The molecule has 8 heteroatoms. The van der Waals surface area contributed by atoms with Crippen molar-refractivity contribution in [2.45, 2.75) is 20.8 Å². The van der Waals surface area contributed by atoms with Crippen LogP contribution in [0.5, 0.6) is 0 Å². The number of ether oxygens (including phenoxy) is 2. The summed E-state index contributed by atoms with van der Waals surface area (Å²) in [6.07, 6.45) is 1.06. The van der Waals surface area contributed by atoms with E-state index in [9.17, 15) is 25.4 Å². The van der Waals surface area contributed by atoms with Gasteiger partial charge in [-0.1, -0.05) is 0 Å². The number of allylic oxidation sites excluding steroid dienone is 1. The van der Waals surface area contributed by atoms with Crippen LogP contribution >= 0.6 is 0 Å². The van der Waals surface area contributed by atoms with Gasteiger partial charge in [0.25, 0.3) is 0 Å². The fourth-order valence-corrected chi connectivity index (χ4v) is 2.44. The van der Waals surface area contributed by atoms with Crippen LogP contribution in [0.2, 0.25) is 0 Å². The van der Waals surface area contributed by atoms with Gasteiger partial charge < -0.3 is 15.2 Å². The summed E-state index contributed by atoms with van der Waals surface area (Å²) >= 11 is 0. The molecular formula is C16H16N4O4. The Morgan fingerprint density at radius 3 is 2.12 bits per heavy atom. The molecule has 0 aliphatic heterocycles. The van der Waals surface area contributed by atoms with Crippen LogP contribution in [0.1, 0.15) is 20.8 Å². The minimum absolute atomic E-state index is 0.00132. The van der Waals surface area contributed by atoms with E-state index in [0.717, 1.165) is 6.08 Å². The third-order valence-corrected chi connectivity index (χ3v) is 3.80. The van der Waals surface area contributed by atoms with Crippen LogP contribution in [0.3, 0.4) is 0 Å². The molecule has 0 bridgehead atoms. The first-order valence-corrected chi connectivity index (χ1v) is 7.09. The van der Waals surface area contributed by atoms with E-state index in [1.807, 2.05) is 0 Å². The van der Waals surface area contributed by atoms with Gasteiger partial charge in [0, 0.05) is 0 Å². The number of nitrogens with zero attached hydrogens (tertiary/aromatic N) is 3. The molecule has 24 heavy (non-hydrogen) atoms. The number of nitrogens with two attached hydrogens (primary N) is 1. The van der Waals surface area contributed by atoms with Crippen LogP contribution < -0.4 is 5.73 Å². The topological polar surface area (TPSA) is 150 Å². The average molecular weight is 328 g/mol. The van der Waals surface area contributed by atoms with Crippen LogP contribution in [0.25, 0.3) is 0 Å². The van der Waals surface area contributed by atoms with Crippen molar-refractivity contribution in [3.63, 3.8) is 0 Å². The van der Waals surface area contributed by atoms with Gasteiger partial charge in [0.2, 0.25) is 5.41 Å². The second-order valence-corrected chi connectivity index (χ2v) is 5.08. The van der Waals surface area contributed by atoms with Crippen LogP contribution in [0.4, 0.5) is 0 Å². The fourth-order valence-electron chi connectivity index (χ4n) is 2.44. The largest absolute Gasteiger partial charge is 0.465 e. The molecule has 0 radical (unpaired) electrons. The molecule has 1 aliphatic carbocycles. The van der Waals surface area contributed by atoms with Crippen LogP contribution in [0.15, 0.2) is 22.9 Å². The maximum Gasteiger partial charge on any atom is 0.339 e. The van der Waals surface area contributed by atoms with Crippen molar-refractivity contribution in [3.05, 3.63) is 22.9 Å². The predicted octanol–water partition coefficient (Wildman–Crippen LogP) is 0.829. The first-order valence-electron chi connectivity index (χ1n) is 7.09. The van der Waals surface area contributed by atoms with Gasteiger partial charge in [-0.2, -0.15) is 15.8 Å². The van der Waals surface area contributed by atoms with Crippen LogP contribution in [0, 0.1) is 44.8 Å². The summed E-state index contributed by atoms with van der Waals surface area (Å²) in [5, 5.41) is 28.4. The molecule has 124 valence electrons. The normalized spacial score (nSPS) is 21.6. The second-order valence-electron chi connectivity index (χ2n) is 5.08. The maximum absolute atomic E-state index is 12.4. The first kappa shape index (κ1) is 18.7. The monoisotopic (exact) mass is 328 g/mol. The number of carbonyl (C=O) groups excluding carboxylic acids is 2. The van der Waals surface area contributed by atoms with Gasteiger partial charge in [0.15, 0.2) is 0 Å². The number of esters is 2. The molecule has 2 N–H and O–H groups in total. The molecular weight excluding hydrogens is 312 g/mol. The highest BCUT2D eigenvalue weighted by Gasteiger charge is 2.60. The molecule has 1 aliphatic rings. The van der Waals surface area contributed by atoms with Crippen molar-refractivity contribution in [2.24, 2.45) is 16.6 Å². The number of carbonyl (C=O) groups is 2. The van der Waals surface area contributed by atoms with Crippen molar-refractivity contribution in [2.75, 3.05) is 13.2 Å². The SMILES string of the molecule is CCOC(=O)C1=C[C@@](C)(C(=O)OCC)C(C#N)(C#N)C(N)=C1C#N. The van der Waals surface area contributed by atoms with Crippen molar-refractivity contribution in [3.8, 4) is 18.2 Å². The predicted molar refractivity (Wildman–Crippen MR) is 79.9 cm³/mol. The summed E-state index contributed by atoms with van der Waals surface area (Å²) in [7, 11) is 0. The standard InChI is InChI=1S/C16H16N4O4/c1-4-23-13(21)10-6-15(3,14(22)24-5-2)16(8-18,9-19)12(20)11(10)7-17/h6H,4-5,20H2,1-3H3/t15-/m0/s1. The molecule has 0 unspecified atom stereocenters. The van der Waals surface area contributed by atoms with E-state index in [2.05, 4.69) is 0 Å². The van der Waals surface area contributed by atoms with Gasteiger partial charge >= 0.3 is 11.9 Å². The number of hydrogen-bond donors (Lipinski definition) is 1. The number of nitriles is 3. The number of rotatable bonds is 4. The lowest BCUT2D eigenvalue weighted by Gasteiger charge is -2.38. The molecule has 0 spiro atoms. The van der Waals surface area contributed by atoms with Crippen molar-refractivity contribution >= 4 is 11.9 Å². The molecule has 0 fully saturated rings. The summed E-state index contributed by atoms with van der Waals surface area (Å²) in [5.41, 5.74) is 0.715. The smallest absolute Gasteiger partial charge is 0.339 e. The van der Waals surface area contributed by atoms with E-state index in [4.69, 9.17) is 15.2 Å². The third kappa shape index (κ3) is 2.47. The quantitative estimate of drug-likeness (QED) is 0.745. The third-order valence-electron chi connectivity index (χ3n) is 3.80. The molecule has 1 atom stereocenters. The fraction of sp³-hybridized carbons (Fsp3) is 0.438. The molecule has 0 aromatic carbocycles. The van der Waals surface area contributed by atoms with E-state index >= 15 is 0 Å². The Morgan fingerprint density at radius 1 is 1.17 bits per heavy atom. The molecule has 0 aromatic heterocycles. The molecule has 0 saturated carbocycles. The Balaban J connectivity index is 3.79.